The molecule has 1 aromatic heterocycles. The zero-order valence-electron chi connectivity index (χ0n) is 20.5. The van der Waals surface area contributed by atoms with Crippen LogP contribution in [-0.2, 0) is 0 Å². The lowest BCUT2D eigenvalue weighted by Crippen LogP contribution is -2.25. The van der Waals surface area contributed by atoms with Crippen molar-refractivity contribution in [3.63, 3.8) is 0 Å². The van der Waals surface area contributed by atoms with E-state index in [0.29, 0.717) is 11.5 Å². The molecule has 1 heterocycles. The van der Waals surface area contributed by atoms with E-state index in [1.54, 1.807) is 0 Å². The Morgan fingerprint density at radius 2 is 1.62 bits per heavy atom. The zero-order chi connectivity index (χ0) is 27.3. The van der Waals surface area contributed by atoms with Gasteiger partial charge in [-0.05, 0) is 57.6 Å². The van der Waals surface area contributed by atoms with E-state index in [1.807, 2.05) is 6.92 Å². The van der Waals surface area contributed by atoms with Gasteiger partial charge < -0.3 is 10.2 Å². The van der Waals surface area contributed by atoms with Crippen LogP contribution in [0.1, 0.15) is 45.0 Å². The van der Waals surface area contributed by atoms with Crippen molar-refractivity contribution in [2.24, 2.45) is 0 Å². The van der Waals surface area contributed by atoms with Crippen molar-refractivity contribution in [1.29, 1.82) is 0 Å². The van der Waals surface area contributed by atoms with Crippen LogP contribution >= 0.6 is 0 Å². The van der Waals surface area contributed by atoms with Crippen molar-refractivity contribution < 1.29 is 26.9 Å². The minimum absolute atomic E-state index is 0.0943. The third-order valence-corrected chi connectivity index (χ3v) is 5.94. The monoisotopic (exact) mass is 523 g/mol. The van der Waals surface area contributed by atoms with Crippen LogP contribution in [0.5, 0.6) is 0 Å². The molecule has 1 atom stereocenters. The SMILES string of the molecule is CCN(CC)CCCC(C)Nc1nc(/C=C/c2c(F)c(F)c(F)c(F)c2F)nc2ccc([N+](=O)[O-])cc12. The summed E-state index contributed by atoms with van der Waals surface area (Å²) in [5, 5.41) is 14.8. The van der Waals surface area contributed by atoms with E-state index in [0.717, 1.165) is 38.6 Å². The number of halogens is 5. The number of benzene rings is 2. The van der Waals surface area contributed by atoms with E-state index in [-0.39, 0.29) is 28.9 Å². The Hall–Kier alpha value is -3.67. The summed E-state index contributed by atoms with van der Waals surface area (Å²) in [6.45, 7) is 8.82. The maximum Gasteiger partial charge on any atom is 0.270 e. The second kappa shape index (κ2) is 12.0. The quantitative estimate of drug-likeness (QED) is 0.104. The molecule has 12 heteroatoms. The van der Waals surface area contributed by atoms with Crippen LogP contribution in [0.2, 0.25) is 0 Å². The van der Waals surface area contributed by atoms with E-state index in [2.05, 4.69) is 34.0 Å². The van der Waals surface area contributed by atoms with Crippen molar-refractivity contribution >= 4 is 34.6 Å². The summed E-state index contributed by atoms with van der Waals surface area (Å²) in [6.07, 6.45) is 3.34. The lowest BCUT2D eigenvalue weighted by molar-refractivity contribution is -0.384. The highest BCUT2D eigenvalue weighted by Crippen LogP contribution is 2.28. The molecule has 3 aromatic rings. The molecule has 0 amide bonds. The molecule has 198 valence electrons. The Kier molecular flexibility index (Phi) is 9.09. The van der Waals surface area contributed by atoms with Crippen LogP contribution in [0, 0.1) is 39.2 Å². The zero-order valence-corrected chi connectivity index (χ0v) is 20.5. The van der Waals surface area contributed by atoms with Gasteiger partial charge in [0.2, 0.25) is 5.82 Å². The third kappa shape index (κ3) is 6.37. The minimum Gasteiger partial charge on any atom is -0.367 e. The Labute approximate surface area is 210 Å². The summed E-state index contributed by atoms with van der Waals surface area (Å²) in [6, 6.07) is 3.84. The molecule has 0 saturated heterocycles. The normalized spacial score (nSPS) is 12.6. The van der Waals surface area contributed by atoms with Crippen molar-refractivity contribution in [3.8, 4) is 0 Å². The minimum atomic E-state index is -2.25. The molecule has 3 rings (SSSR count). The number of non-ortho nitro benzene ring substituents is 1. The maximum absolute atomic E-state index is 14.1. The molecule has 1 N–H and O–H groups in total. The van der Waals surface area contributed by atoms with Gasteiger partial charge in [-0.15, -0.1) is 0 Å². The third-order valence-electron chi connectivity index (χ3n) is 5.94. The number of nitro groups is 1. The summed E-state index contributed by atoms with van der Waals surface area (Å²) in [4.78, 5) is 21.5. The number of hydrogen-bond acceptors (Lipinski definition) is 6. The second-order valence-corrected chi connectivity index (χ2v) is 8.42. The fourth-order valence-corrected chi connectivity index (χ4v) is 3.83. The highest BCUT2D eigenvalue weighted by atomic mass is 19.2. The Morgan fingerprint density at radius 3 is 2.22 bits per heavy atom. The van der Waals surface area contributed by atoms with E-state index >= 15 is 0 Å². The maximum atomic E-state index is 14.1. The van der Waals surface area contributed by atoms with E-state index < -0.39 is 39.6 Å². The number of aromatic nitrogens is 2. The fraction of sp³-hybridized carbons (Fsp3) is 0.360. The first-order chi connectivity index (χ1) is 17.6. The second-order valence-electron chi connectivity index (χ2n) is 8.42. The number of anilines is 1. The van der Waals surface area contributed by atoms with Gasteiger partial charge in [0.15, 0.2) is 29.1 Å². The smallest absolute Gasteiger partial charge is 0.270 e. The van der Waals surface area contributed by atoms with E-state index in [9.17, 15) is 32.1 Å². The highest BCUT2D eigenvalue weighted by Gasteiger charge is 2.24. The molecule has 1 unspecified atom stereocenters. The molecule has 2 aromatic carbocycles. The average molecular weight is 524 g/mol. The van der Waals surface area contributed by atoms with Crippen LogP contribution in [-0.4, -0.2) is 45.5 Å². The first-order valence-corrected chi connectivity index (χ1v) is 11.7. The van der Waals surface area contributed by atoms with Crippen molar-refractivity contribution in [2.75, 3.05) is 25.0 Å². The summed E-state index contributed by atoms with van der Waals surface area (Å²) >= 11 is 0. The van der Waals surface area contributed by atoms with Gasteiger partial charge in [-0.25, -0.2) is 31.9 Å². The number of rotatable bonds is 11. The summed E-state index contributed by atoms with van der Waals surface area (Å²) < 4.78 is 68.6. The van der Waals surface area contributed by atoms with Crippen molar-refractivity contribution in [1.82, 2.24) is 14.9 Å². The molecular weight excluding hydrogens is 497 g/mol. The largest absolute Gasteiger partial charge is 0.367 e. The predicted octanol–water partition coefficient (Wildman–Crippen LogP) is 6.33. The topological polar surface area (TPSA) is 84.2 Å². The summed E-state index contributed by atoms with van der Waals surface area (Å²) in [7, 11) is 0. The molecule has 0 aliphatic carbocycles. The van der Waals surface area contributed by atoms with Crippen molar-refractivity contribution in [3.05, 3.63) is 68.8 Å². The number of nitrogens with zero attached hydrogens (tertiary/aromatic N) is 4. The molecule has 0 bridgehead atoms. The van der Waals surface area contributed by atoms with Gasteiger partial charge in [0, 0.05) is 23.6 Å². The highest BCUT2D eigenvalue weighted by molar-refractivity contribution is 5.91. The van der Waals surface area contributed by atoms with Crippen molar-refractivity contribution in [2.45, 2.75) is 39.7 Å². The van der Waals surface area contributed by atoms with Gasteiger partial charge in [-0.1, -0.05) is 13.8 Å². The Bertz CT molecular complexity index is 1300. The Morgan fingerprint density at radius 1 is 1.00 bits per heavy atom. The van der Waals surface area contributed by atoms with Gasteiger partial charge in [-0.3, -0.25) is 10.1 Å². The van der Waals surface area contributed by atoms with Crippen LogP contribution in [0.3, 0.4) is 0 Å². The molecule has 7 nitrogen and oxygen atoms in total. The number of nitro benzene ring substituents is 1. The van der Waals surface area contributed by atoms with Gasteiger partial charge in [0.05, 0.1) is 16.0 Å². The number of nitrogens with one attached hydrogen (secondary N) is 1. The standard InChI is InChI=1S/C25H26F5N5O2/c1-4-34(5-2)12-6-7-14(3)31-25-17-13-15(35(36)37)8-10-18(17)32-19(33-25)11-9-16-20(26)22(28)24(30)23(29)21(16)27/h8-11,13-14H,4-7,12H2,1-3H3,(H,31,32,33)/b11-9+. The lowest BCUT2D eigenvalue weighted by Gasteiger charge is -2.20. The van der Waals surface area contributed by atoms with Crippen LogP contribution in [0.4, 0.5) is 33.5 Å². The van der Waals surface area contributed by atoms with Crippen LogP contribution in [0.25, 0.3) is 23.1 Å². The molecule has 0 spiro atoms. The fourth-order valence-electron chi connectivity index (χ4n) is 3.83. The van der Waals surface area contributed by atoms with Gasteiger partial charge in [0.1, 0.15) is 5.82 Å². The van der Waals surface area contributed by atoms with Gasteiger partial charge in [-0.2, -0.15) is 0 Å². The Balaban J connectivity index is 1.97. The number of hydrogen-bond donors (Lipinski definition) is 1. The first kappa shape index (κ1) is 27.9. The molecule has 0 aliphatic rings. The summed E-state index contributed by atoms with van der Waals surface area (Å²) in [5.74, 6) is -10.2. The van der Waals surface area contributed by atoms with E-state index in [1.165, 1.54) is 18.2 Å². The number of fused-ring (bicyclic) bond motifs is 1. The van der Waals surface area contributed by atoms with Crippen LogP contribution < -0.4 is 5.32 Å². The first-order valence-electron chi connectivity index (χ1n) is 11.7. The van der Waals surface area contributed by atoms with Crippen LogP contribution in [0.15, 0.2) is 18.2 Å². The molecule has 0 saturated carbocycles. The lowest BCUT2D eigenvalue weighted by atomic mass is 10.1. The van der Waals surface area contributed by atoms with Gasteiger partial charge in [0.25, 0.3) is 5.69 Å². The van der Waals surface area contributed by atoms with E-state index in [4.69, 9.17) is 0 Å². The summed E-state index contributed by atoms with van der Waals surface area (Å²) in [5.41, 5.74) is -1.03. The molecule has 0 aliphatic heterocycles. The predicted molar refractivity (Wildman–Crippen MR) is 131 cm³/mol. The molecule has 37 heavy (non-hydrogen) atoms. The molecule has 0 fully saturated rings. The molecule has 0 radical (unpaired) electrons. The molecular formula is C25H26F5N5O2. The van der Waals surface area contributed by atoms with Gasteiger partial charge >= 0.3 is 0 Å². The average Bonchev–Trinajstić information content (AvgIpc) is 2.88.